The zero-order chi connectivity index (χ0) is 13.1. The van der Waals surface area contributed by atoms with E-state index in [1.807, 2.05) is 0 Å². The van der Waals surface area contributed by atoms with Crippen molar-refractivity contribution in [3.8, 4) is 0 Å². The largest absolute Gasteiger partial charge is 0.370 e. The fraction of sp³-hybridized carbons (Fsp3) is 0.647. The van der Waals surface area contributed by atoms with Crippen LogP contribution in [0.5, 0.6) is 0 Å². The molecule has 2 aliphatic rings. The summed E-state index contributed by atoms with van der Waals surface area (Å²) in [7, 11) is 0. The Morgan fingerprint density at radius 3 is 2.74 bits per heavy atom. The highest BCUT2D eigenvalue weighted by Gasteiger charge is 2.25. The zero-order valence-electron chi connectivity index (χ0n) is 11.9. The molecule has 0 radical (unpaired) electrons. The molecule has 1 aliphatic carbocycles. The van der Waals surface area contributed by atoms with E-state index in [0.717, 1.165) is 12.5 Å². The molecule has 104 valence electrons. The molecule has 0 spiro atoms. The quantitative estimate of drug-likeness (QED) is 0.901. The second-order valence-corrected chi connectivity index (χ2v) is 6.24. The zero-order valence-corrected chi connectivity index (χ0v) is 11.9. The second kappa shape index (κ2) is 5.96. The van der Waals surface area contributed by atoms with Gasteiger partial charge in [0.25, 0.3) is 0 Å². The molecule has 1 aliphatic heterocycles. The van der Waals surface area contributed by atoms with Gasteiger partial charge in [0.05, 0.1) is 0 Å². The summed E-state index contributed by atoms with van der Waals surface area (Å²) in [5.74, 6) is 0.760. The van der Waals surface area contributed by atoms with Crippen LogP contribution in [0.4, 0.5) is 5.69 Å². The first-order chi connectivity index (χ1) is 9.34. The van der Waals surface area contributed by atoms with Crippen molar-refractivity contribution in [3.05, 3.63) is 29.8 Å². The van der Waals surface area contributed by atoms with E-state index in [1.165, 1.54) is 62.7 Å². The normalized spacial score (nSPS) is 22.1. The molecule has 2 heteroatoms. The van der Waals surface area contributed by atoms with E-state index in [1.54, 1.807) is 0 Å². The van der Waals surface area contributed by atoms with Gasteiger partial charge in [-0.05, 0) is 49.7 Å². The Morgan fingerprint density at radius 1 is 1.11 bits per heavy atom. The molecule has 1 fully saturated rings. The highest BCUT2D eigenvalue weighted by molar-refractivity contribution is 5.54. The number of fused-ring (bicyclic) bond motifs is 1. The third-order valence-corrected chi connectivity index (χ3v) is 4.89. The number of hydrogen-bond acceptors (Lipinski definition) is 2. The minimum Gasteiger partial charge on any atom is -0.370 e. The van der Waals surface area contributed by atoms with Crippen LogP contribution >= 0.6 is 0 Å². The molecule has 0 aromatic heterocycles. The Morgan fingerprint density at radius 2 is 1.89 bits per heavy atom. The maximum atomic E-state index is 6.48. The van der Waals surface area contributed by atoms with E-state index in [-0.39, 0.29) is 0 Å². The average Bonchev–Trinajstić information content (AvgIpc) is 2.90. The maximum absolute atomic E-state index is 6.48. The van der Waals surface area contributed by atoms with Crippen molar-refractivity contribution in [1.82, 2.24) is 0 Å². The van der Waals surface area contributed by atoms with E-state index in [2.05, 4.69) is 29.2 Å². The fourth-order valence-electron chi connectivity index (χ4n) is 3.75. The van der Waals surface area contributed by atoms with E-state index >= 15 is 0 Å². The lowest BCUT2D eigenvalue weighted by Crippen LogP contribution is -2.42. The minimum absolute atomic E-state index is 0.355. The van der Waals surface area contributed by atoms with Crippen molar-refractivity contribution in [1.29, 1.82) is 0 Å². The van der Waals surface area contributed by atoms with Crippen LogP contribution in [0.1, 0.15) is 44.1 Å². The topological polar surface area (TPSA) is 29.3 Å². The van der Waals surface area contributed by atoms with Crippen LogP contribution in [-0.4, -0.2) is 19.1 Å². The molecule has 1 unspecified atom stereocenters. The van der Waals surface area contributed by atoms with Gasteiger partial charge in [0.2, 0.25) is 0 Å². The maximum Gasteiger partial charge on any atom is 0.0399 e. The summed E-state index contributed by atoms with van der Waals surface area (Å²) in [5.41, 5.74) is 9.43. The molecule has 2 nitrogen and oxygen atoms in total. The number of nitrogens with two attached hydrogens (primary N) is 1. The molecule has 0 saturated heterocycles. The second-order valence-electron chi connectivity index (χ2n) is 6.24. The lowest BCUT2D eigenvalue weighted by Gasteiger charge is -2.30. The molecule has 0 bridgehead atoms. The Labute approximate surface area is 117 Å². The molecule has 3 rings (SSSR count). The lowest BCUT2D eigenvalue weighted by atomic mass is 9.98. The summed E-state index contributed by atoms with van der Waals surface area (Å²) in [6.45, 7) is 2.22. The van der Waals surface area contributed by atoms with Crippen LogP contribution in [0.2, 0.25) is 0 Å². The van der Waals surface area contributed by atoms with Gasteiger partial charge in [-0.25, -0.2) is 0 Å². The van der Waals surface area contributed by atoms with Gasteiger partial charge in [-0.1, -0.05) is 31.0 Å². The monoisotopic (exact) mass is 258 g/mol. The van der Waals surface area contributed by atoms with Crippen LogP contribution in [-0.2, 0) is 6.42 Å². The molecule has 2 N–H and O–H groups in total. The Balaban J connectivity index is 1.72. The van der Waals surface area contributed by atoms with E-state index in [9.17, 15) is 0 Å². The summed E-state index contributed by atoms with van der Waals surface area (Å²) in [6, 6.07) is 9.25. The Bertz CT molecular complexity index is 409. The number of para-hydroxylation sites is 1. The predicted molar refractivity (Wildman–Crippen MR) is 81.5 cm³/mol. The number of nitrogens with zero attached hydrogens (tertiary/aromatic N) is 1. The number of rotatable bonds is 3. The predicted octanol–water partition coefficient (Wildman–Crippen LogP) is 3.35. The first kappa shape index (κ1) is 13.0. The highest BCUT2D eigenvalue weighted by Crippen LogP contribution is 2.30. The van der Waals surface area contributed by atoms with Crippen molar-refractivity contribution in [3.63, 3.8) is 0 Å². The summed E-state index contributed by atoms with van der Waals surface area (Å²) in [5, 5.41) is 0. The van der Waals surface area contributed by atoms with Gasteiger partial charge in [0.15, 0.2) is 0 Å². The van der Waals surface area contributed by atoms with Crippen LogP contribution < -0.4 is 10.6 Å². The number of hydrogen-bond donors (Lipinski definition) is 1. The highest BCUT2D eigenvalue weighted by atomic mass is 15.1. The SMILES string of the molecule is NC(CN1CCCCc2ccccc21)C1CCCC1. The number of benzene rings is 1. The Kier molecular flexibility index (Phi) is 4.07. The number of anilines is 1. The van der Waals surface area contributed by atoms with Crippen molar-refractivity contribution in [2.45, 2.75) is 51.0 Å². The molecule has 0 amide bonds. The van der Waals surface area contributed by atoms with Crippen LogP contribution in [0.15, 0.2) is 24.3 Å². The van der Waals surface area contributed by atoms with Crippen molar-refractivity contribution in [2.75, 3.05) is 18.0 Å². The molecule has 1 aromatic rings. The van der Waals surface area contributed by atoms with Crippen molar-refractivity contribution < 1.29 is 0 Å². The number of aryl methyl sites for hydroxylation is 1. The summed E-state index contributed by atoms with van der Waals surface area (Å²) >= 11 is 0. The molecule has 1 saturated carbocycles. The molecule has 1 heterocycles. The third-order valence-electron chi connectivity index (χ3n) is 4.89. The van der Waals surface area contributed by atoms with Gasteiger partial charge in [-0.3, -0.25) is 0 Å². The smallest absolute Gasteiger partial charge is 0.0399 e. The van der Waals surface area contributed by atoms with Gasteiger partial charge >= 0.3 is 0 Å². The van der Waals surface area contributed by atoms with E-state index in [0.29, 0.717) is 6.04 Å². The van der Waals surface area contributed by atoms with Crippen LogP contribution in [0.25, 0.3) is 0 Å². The third kappa shape index (κ3) is 2.94. The Hall–Kier alpha value is -1.02. The molecular formula is C17H26N2. The van der Waals surface area contributed by atoms with Gasteiger partial charge in [-0.2, -0.15) is 0 Å². The van der Waals surface area contributed by atoms with Crippen LogP contribution in [0.3, 0.4) is 0 Å². The van der Waals surface area contributed by atoms with Gasteiger partial charge in [-0.15, -0.1) is 0 Å². The fourth-order valence-corrected chi connectivity index (χ4v) is 3.75. The van der Waals surface area contributed by atoms with Gasteiger partial charge in [0.1, 0.15) is 0 Å². The van der Waals surface area contributed by atoms with E-state index in [4.69, 9.17) is 5.73 Å². The first-order valence-electron chi connectivity index (χ1n) is 7.93. The molecular weight excluding hydrogens is 232 g/mol. The van der Waals surface area contributed by atoms with Crippen molar-refractivity contribution in [2.24, 2.45) is 11.7 Å². The molecule has 1 atom stereocenters. The summed E-state index contributed by atoms with van der Waals surface area (Å²) in [6.07, 6.45) is 9.29. The van der Waals surface area contributed by atoms with Gasteiger partial charge < -0.3 is 10.6 Å². The first-order valence-corrected chi connectivity index (χ1v) is 7.93. The van der Waals surface area contributed by atoms with Crippen molar-refractivity contribution >= 4 is 5.69 Å². The summed E-state index contributed by atoms with van der Waals surface area (Å²) in [4.78, 5) is 2.55. The summed E-state index contributed by atoms with van der Waals surface area (Å²) < 4.78 is 0. The average molecular weight is 258 g/mol. The molecule has 19 heavy (non-hydrogen) atoms. The standard InChI is InChI=1S/C17H26N2/c18-16(14-7-1-2-8-14)13-19-12-6-5-10-15-9-3-4-11-17(15)19/h3-4,9,11,14,16H,1-2,5-8,10,12-13,18H2. The lowest BCUT2D eigenvalue weighted by molar-refractivity contribution is 0.427. The van der Waals surface area contributed by atoms with Gasteiger partial charge in [0, 0.05) is 24.8 Å². The van der Waals surface area contributed by atoms with E-state index < -0.39 is 0 Å². The molecule has 1 aromatic carbocycles. The minimum atomic E-state index is 0.355. The van der Waals surface area contributed by atoms with Crippen LogP contribution in [0, 0.1) is 5.92 Å².